The molecular weight excluding hydrogens is 332 g/mol. The fourth-order valence-electron chi connectivity index (χ4n) is 3.38. The van der Waals surface area contributed by atoms with Gasteiger partial charge in [0.25, 0.3) is 5.89 Å². The molecule has 8 nitrogen and oxygen atoms in total. The summed E-state index contributed by atoms with van der Waals surface area (Å²) in [5.41, 5.74) is 1.49. The molecule has 0 radical (unpaired) electrons. The molecule has 1 atom stereocenters. The van der Waals surface area contributed by atoms with Crippen molar-refractivity contribution in [2.45, 2.75) is 38.6 Å². The Morgan fingerprint density at radius 2 is 2.08 bits per heavy atom. The van der Waals surface area contributed by atoms with Crippen LogP contribution >= 0.6 is 0 Å². The molecule has 26 heavy (non-hydrogen) atoms. The number of hydrogen-bond acceptors (Lipinski definition) is 7. The molecule has 1 saturated heterocycles. The van der Waals surface area contributed by atoms with E-state index in [-0.39, 0.29) is 17.8 Å². The predicted molar refractivity (Wildman–Crippen MR) is 92.8 cm³/mol. The van der Waals surface area contributed by atoms with Crippen molar-refractivity contribution in [1.82, 2.24) is 20.1 Å². The number of carbonyl (C=O) groups is 1. The summed E-state index contributed by atoms with van der Waals surface area (Å²) in [6.45, 7) is 3.46. The summed E-state index contributed by atoms with van der Waals surface area (Å²) in [7, 11) is 0. The fourth-order valence-corrected chi connectivity index (χ4v) is 3.38. The van der Waals surface area contributed by atoms with E-state index in [1.54, 1.807) is 19.1 Å². The number of nitrogens with one attached hydrogen (secondary N) is 1. The van der Waals surface area contributed by atoms with E-state index in [1.807, 2.05) is 11.0 Å². The summed E-state index contributed by atoms with van der Waals surface area (Å²) in [6, 6.07) is 5.00. The minimum atomic E-state index is -0.435. The Kier molecular flexibility index (Phi) is 4.07. The van der Waals surface area contributed by atoms with E-state index in [9.17, 15) is 4.79 Å². The lowest BCUT2D eigenvalue weighted by Crippen LogP contribution is -2.45. The van der Waals surface area contributed by atoms with E-state index in [1.165, 1.54) is 19.0 Å². The van der Waals surface area contributed by atoms with Crippen molar-refractivity contribution >= 4 is 11.9 Å². The van der Waals surface area contributed by atoms with Gasteiger partial charge in [0.05, 0.1) is 5.56 Å². The molecule has 3 heterocycles. The van der Waals surface area contributed by atoms with E-state index >= 15 is 0 Å². The highest BCUT2D eigenvalue weighted by Crippen LogP contribution is 2.53. The molecule has 1 aliphatic heterocycles. The van der Waals surface area contributed by atoms with Crippen LogP contribution in [0.5, 0.6) is 0 Å². The molecule has 8 heteroatoms. The highest BCUT2D eigenvalue weighted by molar-refractivity contribution is 5.83. The quantitative estimate of drug-likeness (QED) is 0.898. The molecule has 2 aliphatic rings. The SMILES string of the molecule is C[C@@H](Nc1nnc(-c2ccc(C#N)nc2)o1)C(=O)N1CCC2(CC1)CC2. The van der Waals surface area contributed by atoms with Gasteiger partial charge in [0.15, 0.2) is 0 Å². The highest BCUT2D eigenvalue weighted by Gasteiger charge is 2.45. The Balaban J connectivity index is 1.37. The predicted octanol–water partition coefficient (Wildman–Crippen LogP) is 2.21. The van der Waals surface area contributed by atoms with Gasteiger partial charge in [-0.1, -0.05) is 5.10 Å². The maximum absolute atomic E-state index is 12.6. The number of amides is 1. The van der Waals surface area contributed by atoms with E-state index < -0.39 is 6.04 Å². The van der Waals surface area contributed by atoms with Gasteiger partial charge in [-0.25, -0.2) is 4.98 Å². The molecule has 2 aromatic heterocycles. The van der Waals surface area contributed by atoms with Crippen LogP contribution in [0.1, 0.15) is 38.3 Å². The lowest BCUT2D eigenvalue weighted by molar-refractivity contribution is -0.133. The van der Waals surface area contributed by atoms with E-state index in [0.717, 1.165) is 25.9 Å². The van der Waals surface area contributed by atoms with Crippen LogP contribution in [0.25, 0.3) is 11.5 Å². The van der Waals surface area contributed by atoms with Crippen LogP contribution in [0.2, 0.25) is 0 Å². The zero-order valence-electron chi connectivity index (χ0n) is 14.6. The number of pyridine rings is 1. The summed E-state index contributed by atoms with van der Waals surface area (Å²) >= 11 is 0. The fraction of sp³-hybridized carbons (Fsp3) is 0.500. The number of hydrogen-bond donors (Lipinski definition) is 1. The van der Waals surface area contributed by atoms with Crippen molar-refractivity contribution in [1.29, 1.82) is 5.26 Å². The first-order valence-corrected chi connectivity index (χ1v) is 8.84. The minimum absolute atomic E-state index is 0.0558. The maximum atomic E-state index is 12.6. The molecule has 4 rings (SSSR count). The van der Waals surface area contributed by atoms with Crippen molar-refractivity contribution in [2.24, 2.45) is 5.41 Å². The number of rotatable bonds is 4. The van der Waals surface area contributed by atoms with Gasteiger partial charge in [-0.2, -0.15) is 5.26 Å². The molecule has 1 spiro atoms. The topological polar surface area (TPSA) is 108 Å². The zero-order chi connectivity index (χ0) is 18.1. The number of aromatic nitrogens is 3. The normalized spacial score (nSPS) is 19.0. The summed E-state index contributed by atoms with van der Waals surface area (Å²) in [5.74, 6) is 0.345. The van der Waals surface area contributed by atoms with Gasteiger partial charge in [-0.15, -0.1) is 5.10 Å². The van der Waals surface area contributed by atoms with Crippen LogP contribution in [0, 0.1) is 16.7 Å². The monoisotopic (exact) mass is 352 g/mol. The van der Waals surface area contributed by atoms with Crippen molar-refractivity contribution in [2.75, 3.05) is 18.4 Å². The molecule has 0 aromatic carbocycles. The third-order valence-corrected chi connectivity index (χ3v) is 5.35. The number of anilines is 1. The molecule has 2 aromatic rings. The summed E-state index contributed by atoms with van der Waals surface area (Å²) in [4.78, 5) is 18.5. The first kappa shape index (κ1) is 16.5. The minimum Gasteiger partial charge on any atom is -0.403 e. The molecule has 1 aliphatic carbocycles. The van der Waals surface area contributed by atoms with Crippen LogP contribution in [-0.2, 0) is 4.79 Å². The molecule has 1 amide bonds. The van der Waals surface area contributed by atoms with Gasteiger partial charge in [0.2, 0.25) is 5.91 Å². The zero-order valence-corrected chi connectivity index (χ0v) is 14.6. The number of carbonyl (C=O) groups excluding carboxylic acids is 1. The van der Waals surface area contributed by atoms with Crippen molar-refractivity contribution in [3.63, 3.8) is 0 Å². The second kappa shape index (κ2) is 6.41. The summed E-state index contributed by atoms with van der Waals surface area (Å²) in [6.07, 6.45) is 6.37. The van der Waals surface area contributed by atoms with Gasteiger partial charge in [-0.05, 0) is 50.2 Å². The Morgan fingerprint density at radius 3 is 2.69 bits per heavy atom. The number of likely N-dealkylation sites (tertiary alicyclic amines) is 1. The number of nitriles is 1. The molecule has 0 unspecified atom stereocenters. The molecule has 134 valence electrons. The lowest BCUT2D eigenvalue weighted by Gasteiger charge is -2.33. The summed E-state index contributed by atoms with van der Waals surface area (Å²) < 4.78 is 5.57. The largest absolute Gasteiger partial charge is 0.403 e. The van der Waals surface area contributed by atoms with Gasteiger partial charge in [0.1, 0.15) is 17.8 Å². The highest BCUT2D eigenvalue weighted by atomic mass is 16.4. The van der Waals surface area contributed by atoms with Crippen LogP contribution in [-0.4, -0.2) is 45.1 Å². The maximum Gasteiger partial charge on any atom is 0.316 e. The van der Waals surface area contributed by atoms with Gasteiger partial charge < -0.3 is 14.6 Å². The second-order valence-electron chi connectivity index (χ2n) is 7.15. The van der Waals surface area contributed by atoms with Crippen LogP contribution in [0.15, 0.2) is 22.7 Å². The number of nitrogens with zero attached hydrogens (tertiary/aromatic N) is 5. The van der Waals surface area contributed by atoms with E-state index in [4.69, 9.17) is 9.68 Å². The van der Waals surface area contributed by atoms with Crippen LogP contribution in [0.4, 0.5) is 6.01 Å². The van der Waals surface area contributed by atoms with Gasteiger partial charge in [-0.3, -0.25) is 4.79 Å². The first-order chi connectivity index (χ1) is 12.6. The Bertz CT molecular complexity index is 839. The molecule has 1 saturated carbocycles. The Labute approximate surface area is 151 Å². The van der Waals surface area contributed by atoms with Gasteiger partial charge >= 0.3 is 6.01 Å². The van der Waals surface area contributed by atoms with E-state index in [0.29, 0.717) is 16.7 Å². The standard InChI is InChI=1S/C18H20N6O2/c1-12(16(25)24-8-6-18(4-5-18)7-9-24)21-17-23-22-15(26-17)13-2-3-14(10-19)20-11-13/h2-3,11-12H,4-9H2,1H3,(H,21,23)/t12-/m1/s1. The molecule has 0 bridgehead atoms. The Hall–Kier alpha value is -2.95. The average molecular weight is 352 g/mol. The van der Waals surface area contributed by atoms with Crippen LogP contribution in [0.3, 0.4) is 0 Å². The molecule has 2 fully saturated rings. The van der Waals surface area contributed by atoms with Crippen molar-refractivity contribution in [3.05, 3.63) is 24.0 Å². The van der Waals surface area contributed by atoms with Gasteiger partial charge in [0, 0.05) is 19.3 Å². The molecule has 1 N–H and O–H groups in total. The first-order valence-electron chi connectivity index (χ1n) is 8.84. The second-order valence-corrected chi connectivity index (χ2v) is 7.15. The van der Waals surface area contributed by atoms with Crippen molar-refractivity contribution < 1.29 is 9.21 Å². The number of piperidine rings is 1. The lowest BCUT2D eigenvalue weighted by atomic mass is 9.93. The third-order valence-electron chi connectivity index (χ3n) is 5.35. The molecular formula is C18H20N6O2. The van der Waals surface area contributed by atoms with E-state index in [2.05, 4.69) is 20.5 Å². The van der Waals surface area contributed by atoms with Crippen LogP contribution < -0.4 is 5.32 Å². The third kappa shape index (κ3) is 3.25. The smallest absolute Gasteiger partial charge is 0.316 e. The Morgan fingerprint density at radius 1 is 1.31 bits per heavy atom. The average Bonchev–Trinajstić information content (AvgIpc) is 3.26. The summed E-state index contributed by atoms with van der Waals surface area (Å²) in [5, 5.41) is 19.7. The van der Waals surface area contributed by atoms with Crippen molar-refractivity contribution in [3.8, 4) is 17.5 Å².